The van der Waals surface area contributed by atoms with E-state index < -0.39 is 23.3 Å². The molecule has 0 bridgehead atoms. The molecule has 1 saturated heterocycles. The van der Waals surface area contributed by atoms with Crippen LogP contribution < -0.4 is 5.56 Å². The molecule has 0 saturated carbocycles. The van der Waals surface area contributed by atoms with E-state index in [-0.39, 0.29) is 35.0 Å². The third-order valence-electron chi connectivity index (χ3n) is 6.32. The fraction of sp³-hybridized carbons (Fsp3) is 0.269. The molecule has 0 atom stereocenters. The lowest BCUT2D eigenvalue weighted by Crippen LogP contribution is -2.37. The summed E-state index contributed by atoms with van der Waals surface area (Å²) in [5, 5.41) is 1.55. The Morgan fingerprint density at radius 2 is 1.65 bits per heavy atom. The largest absolute Gasteiger partial charge is 0.416 e. The lowest BCUT2D eigenvalue weighted by molar-refractivity contribution is -0.138. The van der Waals surface area contributed by atoms with E-state index >= 15 is 0 Å². The van der Waals surface area contributed by atoms with E-state index in [2.05, 4.69) is 15.0 Å². The van der Waals surface area contributed by atoms with Gasteiger partial charge in [-0.2, -0.15) is 13.2 Å². The molecule has 3 heterocycles. The van der Waals surface area contributed by atoms with Gasteiger partial charge in [0.05, 0.1) is 17.7 Å². The lowest BCUT2D eigenvalue weighted by atomic mass is 9.94. The van der Waals surface area contributed by atoms with Crippen LogP contribution in [0.15, 0.2) is 71.8 Å². The van der Waals surface area contributed by atoms with Crippen molar-refractivity contribution in [2.75, 3.05) is 13.1 Å². The number of fused-ring (bicyclic) bond motifs is 1. The first-order valence-electron chi connectivity index (χ1n) is 11.7. The van der Waals surface area contributed by atoms with E-state index in [1.165, 1.54) is 35.2 Å². The topological polar surface area (TPSA) is 90.2 Å². The van der Waals surface area contributed by atoms with Crippen molar-refractivity contribution >= 4 is 17.3 Å². The van der Waals surface area contributed by atoms with Crippen LogP contribution >= 0.6 is 0 Å². The van der Waals surface area contributed by atoms with Gasteiger partial charge in [0, 0.05) is 31.4 Å². The Hall–Kier alpha value is -4.12. The van der Waals surface area contributed by atoms with Gasteiger partial charge >= 0.3 is 12.1 Å². The van der Waals surface area contributed by atoms with Crippen LogP contribution in [0, 0.1) is 0 Å². The first kappa shape index (κ1) is 24.6. The number of halogens is 3. The molecular weight excluding hydrogens is 487 g/mol. The van der Waals surface area contributed by atoms with Crippen molar-refractivity contribution in [1.82, 2.24) is 24.6 Å². The molecule has 5 rings (SSSR count). The molecule has 8 nitrogen and oxygen atoms in total. The van der Waals surface area contributed by atoms with Gasteiger partial charge in [-0.15, -0.1) is 5.06 Å². The maximum absolute atomic E-state index is 13.6. The number of hydrogen-bond acceptors (Lipinski definition) is 7. The summed E-state index contributed by atoms with van der Waals surface area (Å²) < 4.78 is 42.0. The highest BCUT2D eigenvalue weighted by atomic mass is 19.4. The van der Waals surface area contributed by atoms with Gasteiger partial charge in [0.1, 0.15) is 5.69 Å². The molecule has 0 N–H and O–H groups in total. The van der Waals surface area contributed by atoms with Crippen molar-refractivity contribution in [2.24, 2.45) is 0 Å². The predicted octanol–water partition coefficient (Wildman–Crippen LogP) is 4.21. The number of carbonyl (C=O) groups is 1. The second kappa shape index (κ2) is 10.1. The van der Waals surface area contributed by atoms with Gasteiger partial charge in [0.25, 0.3) is 5.56 Å². The number of nitrogens with zero attached hydrogens (tertiary/aromatic N) is 5. The molecule has 1 fully saturated rings. The fourth-order valence-corrected chi connectivity index (χ4v) is 4.47. The molecule has 190 valence electrons. The Morgan fingerprint density at radius 3 is 2.38 bits per heavy atom. The smallest absolute Gasteiger partial charge is 0.364 e. The SMILES string of the molecule is O=C(ON1CCC(c2nc3nccnc3n(Cc3ccccc3C(F)(F)F)c2=O)CC1)c1ccccc1. The van der Waals surface area contributed by atoms with Gasteiger partial charge in [-0.25, -0.2) is 19.7 Å². The van der Waals surface area contributed by atoms with Crippen molar-refractivity contribution in [2.45, 2.75) is 31.5 Å². The van der Waals surface area contributed by atoms with Crippen LogP contribution in [0.25, 0.3) is 11.3 Å². The Labute approximate surface area is 209 Å². The minimum absolute atomic E-state index is 0.0520. The summed E-state index contributed by atoms with van der Waals surface area (Å²) in [5.74, 6) is -0.751. The minimum atomic E-state index is -4.57. The first-order valence-corrected chi connectivity index (χ1v) is 11.7. The third-order valence-corrected chi connectivity index (χ3v) is 6.32. The van der Waals surface area contributed by atoms with Crippen LogP contribution in [-0.2, 0) is 17.6 Å². The van der Waals surface area contributed by atoms with Gasteiger partial charge in [-0.05, 0) is 36.6 Å². The van der Waals surface area contributed by atoms with E-state index in [1.807, 2.05) is 0 Å². The number of hydrogen-bond donors (Lipinski definition) is 0. The van der Waals surface area contributed by atoms with E-state index in [4.69, 9.17) is 4.84 Å². The quantitative estimate of drug-likeness (QED) is 0.398. The summed E-state index contributed by atoms with van der Waals surface area (Å²) in [6.45, 7) is 0.423. The van der Waals surface area contributed by atoms with Crippen molar-refractivity contribution in [3.63, 3.8) is 0 Å². The summed E-state index contributed by atoms with van der Waals surface area (Å²) >= 11 is 0. The van der Waals surface area contributed by atoms with Gasteiger partial charge < -0.3 is 4.84 Å². The second-order valence-corrected chi connectivity index (χ2v) is 8.69. The van der Waals surface area contributed by atoms with E-state index in [9.17, 15) is 22.8 Å². The van der Waals surface area contributed by atoms with Crippen molar-refractivity contribution in [3.8, 4) is 0 Å². The molecule has 0 spiro atoms. The molecule has 0 amide bonds. The summed E-state index contributed by atoms with van der Waals surface area (Å²) in [7, 11) is 0. The van der Waals surface area contributed by atoms with Gasteiger partial charge in [0.2, 0.25) is 0 Å². The van der Waals surface area contributed by atoms with E-state index in [0.29, 0.717) is 31.5 Å². The monoisotopic (exact) mass is 509 g/mol. The number of piperidine rings is 1. The number of rotatable bonds is 5. The van der Waals surface area contributed by atoms with Crippen molar-refractivity contribution in [3.05, 3.63) is 99.7 Å². The standard InChI is InChI=1S/C26H22F3N5O3/c27-26(28,29)20-9-5-4-8-19(20)16-34-23-22(30-12-13-31-23)32-21(24(34)35)17-10-14-33(15-11-17)37-25(36)18-6-2-1-3-7-18/h1-9,12-13,17H,10-11,14-16H2. The third kappa shape index (κ3) is 5.21. The highest BCUT2D eigenvalue weighted by molar-refractivity contribution is 5.89. The zero-order valence-corrected chi connectivity index (χ0v) is 19.6. The van der Waals surface area contributed by atoms with Gasteiger partial charge in [-0.1, -0.05) is 36.4 Å². The molecule has 2 aromatic heterocycles. The van der Waals surface area contributed by atoms with Crippen molar-refractivity contribution in [1.29, 1.82) is 0 Å². The number of carbonyl (C=O) groups excluding carboxylic acids is 1. The molecular formula is C26H22F3N5O3. The zero-order chi connectivity index (χ0) is 26.0. The van der Waals surface area contributed by atoms with E-state index in [0.717, 1.165) is 6.07 Å². The van der Waals surface area contributed by atoms with Crippen LogP contribution in [-0.4, -0.2) is 43.6 Å². The Kier molecular flexibility index (Phi) is 6.70. The highest BCUT2D eigenvalue weighted by Gasteiger charge is 2.34. The maximum atomic E-state index is 13.6. The van der Waals surface area contributed by atoms with Crippen LogP contribution in [0.1, 0.15) is 45.9 Å². The summed E-state index contributed by atoms with van der Waals surface area (Å²) in [4.78, 5) is 44.2. The zero-order valence-electron chi connectivity index (χ0n) is 19.6. The maximum Gasteiger partial charge on any atom is 0.416 e. The first-order chi connectivity index (χ1) is 17.8. The molecule has 11 heteroatoms. The van der Waals surface area contributed by atoms with Gasteiger partial charge in [0.15, 0.2) is 11.3 Å². The number of alkyl halides is 3. The fourth-order valence-electron chi connectivity index (χ4n) is 4.47. The van der Waals surface area contributed by atoms with Crippen LogP contribution in [0.2, 0.25) is 0 Å². The van der Waals surface area contributed by atoms with Crippen LogP contribution in [0.5, 0.6) is 0 Å². The van der Waals surface area contributed by atoms with E-state index in [1.54, 1.807) is 35.4 Å². The molecule has 0 unspecified atom stereocenters. The minimum Gasteiger partial charge on any atom is -0.364 e. The normalized spacial score (nSPS) is 15.1. The van der Waals surface area contributed by atoms with Crippen molar-refractivity contribution < 1.29 is 22.8 Å². The number of hydroxylamine groups is 2. The predicted molar refractivity (Wildman–Crippen MR) is 128 cm³/mol. The summed E-state index contributed by atoms with van der Waals surface area (Å²) in [6.07, 6.45) is -0.843. The van der Waals surface area contributed by atoms with Crippen LogP contribution in [0.4, 0.5) is 13.2 Å². The molecule has 4 aromatic rings. The molecule has 2 aromatic carbocycles. The second-order valence-electron chi connectivity index (χ2n) is 8.69. The molecule has 37 heavy (non-hydrogen) atoms. The Bertz CT molecular complexity index is 1480. The lowest BCUT2D eigenvalue weighted by Gasteiger charge is -2.30. The average molecular weight is 509 g/mol. The summed E-state index contributed by atoms with van der Waals surface area (Å²) in [5.41, 5.74) is -0.436. The average Bonchev–Trinajstić information content (AvgIpc) is 2.91. The Balaban J connectivity index is 1.41. The highest BCUT2D eigenvalue weighted by Crippen LogP contribution is 2.32. The molecule has 1 aliphatic rings. The molecule has 0 aliphatic carbocycles. The molecule has 1 aliphatic heterocycles. The van der Waals surface area contributed by atoms with Gasteiger partial charge in [-0.3, -0.25) is 9.36 Å². The van der Waals surface area contributed by atoms with Crippen LogP contribution in [0.3, 0.4) is 0 Å². The number of aromatic nitrogens is 4. The number of benzene rings is 2. The Morgan fingerprint density at radius 1 is 0.973 bits per heavy atom. The summed E-state index contributed by atoms with van der Waals surface area (Å²) in [6, 6.07) is 13.8. The molecule has 0 radical (unpaired) electrons.